The second-order valence-electron chi connectivity index (χ2n) is 5.86. The Morgan fingerprint density at radius 2 is 1.54 bits per heavy atom. The van der Waals surface area contributed by atoms with Crippen LogP contribution in [0.3, 0.4) is 0 Å². The van der Waals surface area contributed by atoms with Crippen LogP contribution in [0.2, 0.25) is 0 Å². The van der Waals surface area contributed by atoms with Crippen LogP contribution in [0.1, 0.15) is 24.5 Å². The van der Waals surface area contributed by atoms with E-state index in [9.17, 15) is 18.0 Å². The standard InChI is InChI=1S/C19H21NO5S/c1-2-26(24,25)17-10-5-15(6-11-17)13-18(21)20-16-8-3-14(4-9-16)7-12-19(22)23/h3-6,8-11H,2,7,12-13H2,1H3,(H,20,21)(H,22,23). The van der Waals surface area contributed by atoms with E-state index in [1.165, 1.54) is 12.1 Å². The topological polar surface area (TPSA) is 101 Å². The molecule has 0 atom stereocenters. The summed E-state index contributed by atoms with van der Waals surface area (Å²) in [7, 11) is -3.24. The minimum Gasteiger partial charge on any atom is -0.481 e. The fourth-order valence-electron chi connectivity index (χ4n) is 2.38. The summed E-state index contributed by atoms with van der Waals surface area (Å²) in [5.74, 6) is -1.02. The highest BCUT2D eigenvalue weighted by Gasteiger charge is 2.11. The summed E-state index contributed by atoms with van der Waals surface area (Å²) < 4.78 is 23.6. The third kappa shape index (κ3) is 5.70. The highest BCUT2D eigenvalue weighted by Crippen LogP contribution is 2.14. The van der Waals surface area contributed by atoms with Crippen molar-refractivity contribution in [2.75, 3.05) is 11.1 Å². The maximum atomic E-state index is 12.1. The molecular formula is C19H21NO5S. The van der Waals surface area contributed by atoms with Crippen LogP contribution < -0.4 is 5.32 Å². The second kappa shape index (κ2) is 8.62. The zero-order chi connectivity index (χ0) is 19.2. The SMILES string of the molecule is CCS(=O)(=O)c1ccc(CC(=O)Nc2ccc(CCC(=O)O)cc2)cc1. The predicted octanol–water partition coefficient (Wildman–Crippen LogP) is 2.68. The number of benzene rings is 2. The molecule has 0 unspecified atom stereocenters. The van der Waals surface area contributed by atoms with E-state index in [1.54, 1.807) is 43.3 Å². The van der Waals surface area contributed by atoms with Crippen LogP contribution in [0.5, 0.6) is 0 Å². The van der Waals surface area contributed by atoms with Crippen LogP contribution in [0.4, 0.5) is 5.69 Å². The van der Waals surface area contributed by atoms with Gasteiger partial charge in [-0.1, -0.05) is 31.2 Å². The number of anilines is 1. The van der Waals surface area contributed by atoms with E-state index in [2.05, 4.69) is 5.32 Å². The van der Waals surface area contributed by atoms with Gasteiger partial charge < -0.3 is 10.4 Å². The van der Waals surface area contributed by atoms with Gasteiger partial charge in [0.05, 0.1) is 17.1 Å². The van der Waals surface area contributed by atoms with Crippen molar-refractivity contribution >= 4 is 27.4 Å². The number of sulfone groups is 1. The van der Waals surface area contributed by atoms with Crippen LogP contribution in [0, 0.1) is 0 Å². The summed E-state index contributed by atoms with van der Waals surface area (Å²) in [6.07, 6.45) is 0.638. The van der Waals surface area contributed by atoms with E-state index in [1.807, 2.05) is 0 Å². The first-order chi connectivity index (χ1) is 12.3. The van der Waals surface area contributed by atoms with Crippen molar-refractivity contribution in [2.45, 2.75) is 31.1 Å². The van der Waals surface area contributed by atoms with E-state index < -0.39 is 15.8 Å². The molecule has 138 valence electrons. The molecule has 2 rings (SSSR count). The number of aliphatic carboxylic acids is 1. The fraction of sp³-hybridized carbons (Fsp3) is 0.263. The maximum Gasteiger partial charge on any atom is 0.303 e. The monoisotopic (exact) mass is 375 g/mol. The Hall–Kier alpha value is -2.67. The van der Waals surface area contributed by atoms with Crippen LogP contribution in [-0.4, -0.2) is 31.2 Å². The third-order valence-corrected chi connectivity index (χ3v) is 5.64. The molecule has 0 heterocycles. The molecule has 0 saturated carbocycles. The average molecular weight is 375 g/mol. The van der Waals surface area contributed by atoms with Crippen LogP contribution in [0.15, 0.2) is 53.4 Å². The average Bonchev–Trinajstić information content (AvgIpc) is 2.61. The maximum absolute atomic E-state index is 12.1. The van der Waals surface area contributed by atoms with Crippen molar-refractivity contribution in [3.8, 4) is 0 Å². The van der Waals surface area contributed by atoms with Crippen molar-refractivity contribution in [1.82, 2.24) is 0 Å². The largest absolute Gasteiger partial charge is 0.481 e. The Bertz CT molecular complexity index is 871. The number of aryl methyl sites for hydroxylation is 1. The second-order valence-corrected chi connectivity index (χ2v) is 8.14. The molecule has 2 N–H and O–H groups in total. The lowest BCUT2D eigenvalue weighted by molar-refractivity contribution is -0.137. The van der Waals surface area contributed by atoms with E-state index in [-0.39, 0.29) is 29.4 Å². The first-order valence-corrected chi connectivity index (χ1v) is 9.87. The molecule has 0 spiro atoms. The Labute approximate surface area is 152 Å². The molecule has 0 bridgehead atoms. The quantitative estimate of drug-likeness (QED) is 0.739. The van der Waals surface area contributed by atoms with Crippen molar-refractivity contribution in [2.24, 2.45) is 0 Å². The molecular weight excluding hydrogens is 354 g/mol. The van der Waals surface area contributed by atoms with E-state index in [0.717, 1.165) is 11.1 Å². The van der Waals surface area contributed by atoms with Gasteiger partial charge >= 0.3 is 5.97 Å². The summed E-state index contributed by atoms with van der Waals surface area (Å²) in [6, 6.07) is 13.3. The normalized spacial score (nSPS) is 11.1. The minimum atomic E-state index is -3.24. The summed E-state index contributed by atoms with van der Waals surface area (Å²) in [4.78, 5) is 22.9. The lowest BCUT2D eigenvalue weighted by Crippen LogP contribution is -2.14. The number of hydrogen-bond donors (Lipinski definition) is 2. The first-order valence-electron chi connectivity index (χ1n) is 8.22. The Kier molecular flexibility index (Phi) is 6.52. The number of nitrogens with one attached hydrogen (secondary N) is 1. The number of carboxylic acids is 1. The third-order valence-electron chi connectivity index (χ3n) is 3.89. The van der Waals surface area contributed by atoms with Gasteiger partial charge in [0, 0.05) is 12.1 Å². The summed E-state index contributed by atoms with van der Waals surface area (Å²) in [6.45, 7) is 1.59. The van der Waals surface area contributed by atoms with Gasteiger partial charge in [0.15, 0.2) is 9.84 Å². The molecule has 0 aliphatic heterocycles. The zero-order valence-electron chi connectivity index (χ0n) is 14.4. The number of carbonyl (C=O) groups excluding carboxylic acids is 1. The highest BCUT2D eigenvalue weighted by atomic mass is 32.2. The molecule has 0 saturated heterocycles. The molecule has 6 nitrogen and oxygen atoms in total. The Morgan fingerprint density at radius 1 is 0.962 bits per heavy atom. The lowest BCUT2D eigenvalue weighted by atomic mass is 10.1. The molecule has 2 aromatic rings. The van der Waals surface area contributed by atoms with E-state index in [0.29, 0.717) is 12.1 Å². The van der Waals surface area contributed by atoms with Crippen molar-refractivity contribution in [1.29, 1.82) is 0 Å². The van der Waals surface area contributed by atoms with E-state index >= 15 is 0 Å². The van der Waals surface area contributed by atoms with Crippen molar-refractivity contribution < 1.29 is 23.1 Å². The van der Waals surface area contributed by atoms with Crippen molar-refractivity contribution in [3.63, 3.8) is 0 Å². The fourth-order valence-corrected chi connectivity index (χ4v) is 3.26. The summed E-state index contributed by atoms with van der Waals surface area (Å²) >= 11 is 0. The Morgan fingerprint density at radius 3 is 2.08 bits per heavy atom. The Balaban J connectivity index is 1.93. The van der Waals surface area contributed by atoms with Crippen LogP contribution in [-0.2, 0) is 32.3 Å². The van der Waals surface area contributed by atoms with Gasteiger partial charge in [-0.25, -0.2) is 8.42 Å². The smallest absolute Gasteiger partial charge is 0.303 e. The minimum absolute atomic E-state index is 0.0370. The van der Waals surface area contributed by atoms with Crippen LogP contribution >= 0.6 is 0 Å². The molecule has 0 aliphatic rings. The zero-order valence-corrected chi connectivity index (χ0v) is 15.3. The summed E-state index contributed by atoms with van der Waals surface area (Å²) in [5.41, 5.74) is 2.23. The molecule has 26 heavy (non-hydrogen) atoms. The molecule has 2 aromatic carbocycles. The number of carboxylic acid groups (broad SMARTS) is 1. The van der Waals surface area contributed by atoms with Crippen molar-refractivity contribution in [3.05, 3.63) is 59.7 Å². The summed E-state index contributed by atoms with van der Waals surface area (Å²) in [5, 5.41) is 11.4. The van der Waals surface area contributed by atoms with Gasteiger partial charge in [0.25, 0.3) is 0 Å². The van der Waals surface area contributed by atoms with Gasteiger partial charge in [0.1, 0.15) is 0 Å². The number of rotatable bonds is 8. The lowest BCUT2D eigenvalue weighted by Gasteiger charge is -2.07. The van der Waals surface area contributed by atoms with Gasteiger partial charge in [-0.15, -0.1) is 0 Å². The van der Waals surface area contributed by atoms with Gasteiger partial charge in [0.2, 0.25) is 5.91 Å². The molecule has 7 heteroatoms. The first kappa shape index (κ1) is 19.7. The molecule has 0 aromatic heterocycles. The van der Waals surface area contributed by atoms with Gasteiger partial charge in [-0.2, -0.15) is 0 Å². The number of carbonyl (C=O) groups is 2. The number of hydrogen-bond acceptors (Lipinski definition) is 4. The molecule has 1 amide bonds. The van der Waals surface area contributed by atoms with Gasteiger partial charge in [-0.05, 0) is 41.8 Å². The molecule has 0 fully saturated rings. The molecule has 0 radical (unpaired) electrons. The van der Waals surface area contributed by atoms with E-state index in [4.69, 9.17) is 5.11 Å². The predicted molar refractivity (Wildman–Crippen MR) is 98.9 cm³/mol. The highest BCUT2D eigenvalue weighted by molar-refractivity contribution is 7.91. The van der Waals surface area contributed by atoms with Crippen LogP contribution in [0.25, 0.3) is 0 Å². The number of amides is 1. The molecule has 0 aliphatic carbocycles. The van der Waals surface area contributed by atoms with Gasteiger partial charge in [-0.3, -0.25) is 9.59 Å².